The van der Waals surface area contributed by atoms with E-state index in [1.165, 1.54) is 0 Å². The van der Waals surface area contributed by atoms with Crippen LogP contribution in [0.3, 0.4) is 0 Å². The molecule has 0 spiro atoms. The van der Waals surface area contributed by atoms with Crippen molar-refractivity contribution >= 4 is 12.1 Å². The highest BCUT2D eigenvalue weighted by atomic mass is 19.3. The van der Waals surface area contributed by atoms with Gasteiger partial charge in [-0.3, -0.25) is 4.90 Å². The average Bonchev–Trinajstić information content (AvgIpc) is 2.25. The van der Waals surface area contributed by atoms with Crippen molar-refractivity contribution in [1.29, 1.82) is 0 Å². The molecule has 0 unspecified atom stereocenters. The molecule has 0 bridgehead atoms. The van der Waals surface area contributed by atoms with Crippen molar-refractivity contribution < 1.29 is 33.0 Å². The molecule has 0 saturated carbocycles. The number of rotatable bonds is 3. The number of ether oxygens (including phenoxy) is 2. The molecule has 6 nitrogen and oxygen atoms in total. The minimum Gasteiger partial charge on any atom is -0.479 e. The van der Waals surface area contributed by atoms with Gasteiger partial charge < -0.3 is 14.6 Å². The van der Waals surface area contributed by atoms with Crippen LogP contribution in [0, 0.1) is 0 Å². The fraction of sp³-hybridized carbons (Fsp3) is 0.833. The summed E-state index contributed by atoms with van der Waals surface area (Å²) in [5.41, 5.74) is -0.788. The molecule has 0 aromatic carbocycles. The summed E-state index contributed by atoms with van der Waals surface area (Å²) in [7, 11) is 0. The highest BCUT2D eigenvalue weighted by molar-refractivity contribution is 5.75. The van der Waals surface area contributed by atoms with Crippen LogP contribution < -0.4 is 0 Å². The van der Waals surface area contributed by atoms with Crippen LogP contribution in [0.15, 0.2) is 0 Å². The predicted molar refractivity (Wildman–Crippen MR) is 64.7 cm³/mol. The summed E-state index contributed by atoms with van der Waals surface area (Å²) in [6, 6.07) is -0.888. The lowest BCUT2D eigenvalue weighted by molar-refractivity contribution is -0.159. The molecular formula is C12H19F2NO5. The molecule has 116 valence electrons. The molecule has 0 aliphatic carbocycles. The van der Waals surface area contributed by atoms with Gasteiger partial charge in [0, 0.05) is 6.42 Å². The van der Waals surface area contributed by atoms with Gasteiger partial charge in [-0.1, -0.05) is 0 Å². The Balaban J connectivity index is 2.80. The molecule has 0 radical (unpaired) electrons. The molecule has 1 heterocycles. The maximum Gasteiger partial charge on any atom is 0.410 e. The Morgan fingerprint density at radius 1 is 1.45 bits per heavy atom. The number of carbonyl (C=O) groups excluding carboxylic acids is 1. The number of carbonyl (C=O) groups is 2. The van der Waals surface area contributed by atoms with Gasteiger partial charge in [-0.25, -0.2) is 18.4 Å². The number of hydrogen-bond donors (Lipinski definition) is 1. The van der Waals surface area contributed by atoms with E-state index >= 15 is 0 Å². The summed E-state index contributed by atoms with van der Waals surface area (Å²) >= 11 is 0. The number of hydrogen-bond acceptors (Lipinski definition) is 4. The molecule has 1 fully saturated rings. The van der Waals surface area contributed by atoms with Crippen molar-refractivity contribution in [1.82, 2.24) is 4.90 Å². The summed E-state index contributed by atoms with van der Waals surface area (Å²) in [5, 5.41) is 8.89. The lowest BCUT2D eigenvalue weighted by Crippen LogP contribution is -2.55. The topological polar surface area (TPSA) is 76.1 Å². The largest absolute Gasteiger partial charge is 0.479 e. The van der Waals surface area contributed by atoms with Gasteiger partial charge >= 0.3 is 12.1 Å². The van der Waals surface area contributed by atoms with Gasteiger partial charge in [-0.2, -0.15) is 0 Å². The van der Waals surface area contributed by atoms with Crippen LogP contribution in [0.1, 0.15) is 27.2 Å². The Hall–Kier alpha value is -1.44. The first kappa shape index (κ1) is 16.6. The number of aliphatic carboxylic acids is 1. The Morgan fingerprint density at radius 3 is 2.50 bits per heavy atom. The second-order valence-electron chi connectivity index (χ2n) is 5.57. The van der Waals surface area contributed by atoms with Gasteiger partial charge in [0.25, 0.3) is 0 Å². The Morgan fingerprint density at radius 2 is 2.05 bits per heavy atom. The number of alkyl halides is 2. The van der Waals surface area contributed by atoms with Crippen LogP contribution in [0.2, 0.25) is 0 Å². The monoisotopic (exact) mass is 295 g/mol. The molecule has 1 amide bonds. The molecule has 2 atom stereocenters. The Bertz CT molecular complexity index is 369. The van der Waals surface area contributed by atoms with Crippen molar-refractivity contribution in [2.24, 2.45) is 0 Å². The highest BCUT2D eigenvalue weighted by Gasteiger charge is 2.38. The van der Waals surface area contributed by atoms with Crippen LogP contribution in [-0.2, 0) is 14.3 Å². The second kappa shape index (κ2) is 6.34. The van der Waals surface area contributed by atoms with Crippen molar-refractivity contribution in [3.63, 3.8) is 0 Å². The molecular weight excluding hydrogens is 276 g/mol. The fourth-order valence-corrected chi connectivity index (χ4v) is 1.79. The molecule has 1 aliphatic rings. The van der Waals surface area contributed by atoms with E-state index in [2.05, 4.69) is 0 Å². The minimum absolute atomic E-state index is 0.249. The molecule has 0 aromatic rings. The lowest BCUT2D eigenvalue weighted by atomic mass is 10.1. The van der Waals surface area contributed by atoms with E-state index in [1.54, 1.807) is 20.8 Å². The van der Waals surface area contributed by atoms with E-state index in [1.807, 2.05) is 0 Å². The van der Waals surface area contributed by atoms with Gasteiger partial charge in [0.1, 0.15) is 5.60 Å². The van der Waals surface area contributed by atoms with Gasteiger partial charge in [0.2, 0.25) is 6.43 Å². The predicted octanol–water partition coefficient (Wildman–Crippen LogP) is 1.73. The molecule has 8 heteroatoms. The number of morpholine rings is 1. The number of carboxylic acids is 1. The summed E-state index contributed by atoms with van der Waals surface area (Å²) in [4.78, 5) is 23.9. The average molecular weight is 295 g/mol. The normalized spacial score (nSPS) is 23.8. The maximum atomic E-state index is 12.5. The van der Waals surface area contributed by atoms with Crippen molar-refractivity contribution in [3.05, 3.63) is 0 Å². The number of amides is 1. The SMILES string of the molecule is CC(C)(C)OC(=O)N1C[C@H](C(=O)O)OC[C@@H]1CC(F)F. The zero-order chi connectivity index (χ0) is 15.5. The van der Waals surface area contributed by atoms with Crippen LogP contribution in [0.5, 0.6) is 0 Å². The standard InChI is InChI=1S/C12H19F2NO5/c1-12(2,3)20-11(18)15-5-8(10(16)17)19-6-7(15)4-9(13)14/h7-9H,4-6H2,1-3H3,(H,16,17)/t7-,8+/m0/s1. The highest BCUT2D eigenvalue weighted by Crippen LogP contribution is 2.21. The van der Waals surface area contributed by atoms with Gasteiger partial charge in [0.15, 0.2) is 6.10 Å². The summed E-state index contributed by atoms with van der Waals surface area (Å²) < 4.78 is 35.1. The first-order valence-electron chi connectivity index (χ1n) is 6.22. The molecule has 1 N–H and O–H groups in total. The van der Waals surface area contributed by atoms with E-state index in [4.69, 9.17) is 14.6 Å². The Labute approximate surface area is 115 Å². The molecule has 0 aromatic heterocycles. The first-order valence-corrected chi connectivity index (χ1v) is 6.22. The third kappa shape index (κ3) is 4.92. The van der Waals surface area contributed by atoms with E-state index < -0.39 is 42.7 Å². The number of carboxylic acid groups (broad SMARTS) is 1. The smallest absolute Gasteiger partial charge is 0.410 e. The zero-order valence-electron chi connectivity index (χ0n) is 11.6. The van der Waals surface area contributed by atoms with Crippen molar-refractivity contribution in [3.8, 4) is 0 Å². The third-order valence-electron chi connectivity index (χ3n) is 2.65. The summed E-state index contributed by atoms with van der Waals surface area (Å²) in [5.74, 6) is -1.24. The van der Waals surface area contributed by atoms with Crippen LogP contribution in [-0.4, -0.2) is 59.4 Å². The van der Waals surface area contributed by atoms with Crippen molar-refractivity contribution in [2.75, 3.05) is 13.2 Å². The van der Waals surface area contributed by atoms with E-state index in [0.29, 0.717) is 0 Å². The van der Waals surface area contributed by atoms with E-state index in [9.17, 15) is 18.4 Å². The maximum absolute atomic E-state index is 12.5. The Kier molecular flexibility index (Phi) is 5.27. The molecule has 1 rings (SSSR count). The van der Waals surface area contributed by atoms with E-state index in [0.717, 1.165) is 4.90 Å². The summed E-state index contributed by atoms with van der Waals surface area (Å²) in [6.45, 7) is 4.37. The molecule has 20 heavy (non-hydrogen) atoms. The summed E-state index contributed by atoms with van der Waals surface area (Å²) in [6.07, 6.45) is -5.23. The van der Waals surface area contributed by atoms with E-state index in [-0.39, 0.29) is 13.2 Å². The van der Waals surface area contributed by atoms with Gasteiger partial charge in [-0.15, -0.1) is 0 Å². The van der Waals surface area contributed by atoms with Gasteiger partial charge in [0.05, 0.1) is 19.2 Å². The second-order valence-corrected chi connectivity index (χ2v) is 5.57. The van der Waals surface area contributed by atoms with Gasteiger partial charge in [-0.05, 0) is 20.8 Å². The quantitative estimate of drug-likeness (QED) is 0.858. The number of nitrogens with zero attached hydrogens (tertiary/aromatic N) is 1. The van der Waals surface area contributed by atoms with Crippen LogP contribution >= 0.6 is 0 Å². The zero-order valence-corrected chi connectivity index (χ0v) is 11.6. The van der Waals surface area contributed by atoms with Crippen molar-refractivity contribution in [2.45, 2.75) is 51.4 Å². The first-order chi connectivity index (χ1) is 9.10. The number of halogens is 2. The van der Waals surface area contributed by atoms with Crippen LogP contribution in [0.25, 0.3) is 0 Å². The minimum atomic E-state index is -2.62. The van der Waals surface area contributed by atoms with Crippen LogP contribution in [0.4, 0.5) is 13.6 Å². The molecule has 1 aliphatic heterocycles. The third-order valence-corrected chi connectivity index (χ3v) is 2.65. The molecule has 1 saturated heterocycles. The lowest BCUT2D eigenvalue weighted by Gasteiger charge is -2.38. The fourth-order valence-electron chi connectivity index (χ4n) is 1.79.